The number of aliphatic imine (C=N–C) groups is 1. The third kappa shape index (κ3) is 6.66. The van der Waals surface area contributed by atoms with Gasteiger partial charge in [-0.25, -0.2) is 4.99 Å². The van der Waals surface area contributed by atoms with Gasteiger partial charge in [0.05, 0.1) is 18.8 Å². The molecule has 1 heterocycles. The summed E-state index contributed by atoms with van der Waals surface area (Å²) in [5, 5.41) is 3.18. The van der Waals surface area contributed by atoms with E-state index in [1.807, 2.05) is 6.07 Å². The van der Waals surface area contributed by atoms with Crippen LogP contribution >= 0.6 is 0 Å². The Labute approximate surface area is 168 Å². The Balaban J connectivity index is 1.42. The molecule has 2 aromatic rings. The first-order chi connectivity index (χ1) is 13.6. The molecule has 5 nitrogen and oxygen atoms in total. The van der Waals surface area contributed by atoms with Gasteiger partial charge in [0.2, 0.25) is 0 Å². The van der Waals surface area contributed by atoms with E-state index in [9.17, 15) is 0 Å². The van der Waals surface area contributed by atoms with Crippen LogP contribution in [0.15, 0.2) is 59.6 Å². The maximum absolute atomic E-state index is 5.99. The lowest BCUT2D eigenvalue weighted by Gasteiger charge is -2.35. The summed E-state index contributed by atoms with van der Waals surface area (Å²) in [6.07, 6.45) is 1.54. The minimum atomic E-state index is 0.301. The highest BCUT2D eigenvalue weighted by Crippen LogP contribution is 2.15. The van der Waals surface area contributed by atoms with E-state index in [1.54, 1.807) is 0 Å². The zero-order valence-electron chi connectivity index (χ0n) is 17.0. The highest BCUT2D eigenvalue weighted by atomic mass is 16.5. The van der Waals surface area contributed by atoms with Crippen LogP contribution in [0.3, 0.4) is 0 Å². The maximum Gasteiger partial charge on any atom is 0.188 e. The topological polar surface area (TPSA) is 62.9 Å². The number of benzene rings is 2. The van der Waals surface area contributed by atoms with E-state index in [0.29, 0.717) is 24.7 Å². The average Bonchev–Trinajstić information content (AvgIpc) is 2.67. The number of nitrogens with one attached hydrogen (secondary N) is 1. The molecule has 0 bridgehead atoms. The molecule has 5 heteroatoms. The minimum absolute atomic E-state index is 0.301. The van der Waals surface area contributed by atoms with Gasteiger partial charge in [0.15, 0.2) is 5.96 Å². The van der Waals surface area contributed by atoms with Crippen molar-refractivity contribution in [3.05, 3.63) is 71.3 Å². The summed E-state index contributed by atoms with van der Waals surface area (Å²) in [5.74, 6) is 0.497. The molecule has 1 saturated heterocycles. The summed E-state index contributed by atoms with van der Waals surface area (Å²) in [5.41, 5.74) is 9.77. The van der Waals surface area contributed by atoms with E-state index in [4.69, 9.17) is 10.5 Å². The zero-order chi connectivity index (χ0) is 19.8. The van der Waals surface area contributed by atoms with Crippen molar-refractivity contribution in [2.75, 3.05) is 19.6 Å². The fraction of sp³-hybridized carbons (Fsp3) is 0.435. The fourth-order valence-electron chi connectivity index (χ4n) is 3.63. The standard InChI is InChI=1S/C23H32N4O/c1-18-15-27(16-19(2)28-18)17-22-10-8-21(9-11-22)14-26-23(24)25-13-12-20-6-4-3-5-7-20/h3-11,18-19H,12-17H2,1-2H3,(H3,24,25,26). The largest absolute Gasteiger partial charge is 0.373 e. The molecule has 1 aliphatic rings. The Morgan fingerprint density at radius 1 is 1.00 bits per heavy atom. The summed E-state index contributed by atoms with van der Waals surface area (Å²) < 4.78 is 5.81. The first kappa shape index (κ1) is 20.4. The zero-order valence-corrected chi connectivity index (χ0v) is 17.0. The predicted molar refractivity (Wildman–Crippen MR) is 115 cm³/mol. The quantitative estimate of drug-likeness (QED) is 0.573. The molecule has 0 radical (unpaired) electrons. The van der Waals surface area contributed by atoms with Crippen LogP contribution in [0.1, 0.15) is 30.5 Å². The number of rotatable bonds is 7. The van der Waals surface area contributed by atoms with Crippen LogP contribution in [0.25, 0.3) is 0 Å². The molecule has 3 rings (SSSR count). The second-order valence-corrected chi connectivity index (χ2v) is 7.63. The second kappa shape index (κ2) is 10.2. The Morgan fingerprint density at radius 2 is 1.64 bits per heavy atom. The van der Waals surface area contributed by atoms with Gasteiger partial charge in [-0.05, 0) is 37.0 Å². The van der Waals surface area contributed by atoms with Gasteiger partial charge in [0, 0.05) is 26.2 Å². The number of nitrogens with zero attached hydrogens (tertiary/aromatic N) is 2. The molecule has 0 aromatic heterocycles. The normalized spacial score (nSPS) is 20.9. The molecule has 0 spiro atoms. The van der Waals surface area contributed by atoms with Crippen molar-refractivity contribution in [2.24, 2.45) is 10.7 Å². The van der Waals surface area contributed by atoms with E-state index in [1.165, 1.54) is 16.7 Å². The first-order valence-corrected chi connectivity index (χ1v) is 10.1. The Morgan fingerprint density at radius 3 is 2.32 bits per heavy atom. The van der Waals surface area contributed by atoms with Crippen molar-refractivity contribution in [3.8, 4) is 0 Å². The van der Waals surface area contributed by atoms with E-state index in [0.717, 1.165) is 32.6 Å². The van der Waals surface area contributed by atoms with Crippen LogP contribution in [0.4, 0.5) is 0 Å². The van der Waals surface area contributed by atoms with Crippen LogP contribution in [-0.4, -0.2) is 42.7 Å². The van der Waals surface area contributed by atoms with Crippen LogP contribution < -0.4 is 11.1 Å². The summed E-state index contributed by atoms with van der Waals surface area (Å²) in [6.45, 7) is 8.60. The Kier molecular flexibility index (Phi) is 7.46. The Bertz CT molecular complexity index is 735. The van der Waals surface area contributed by atoms with E-state index in [-0.39, 0.29) is 0 Å². The summed E-state index contributed by atoms with van der Waals surface area (Å²) >= 11 is 0. The summed E-state index contributed by atoms with van der Waals surface area (Å²) in [6, 6.07) is 19.0. The molecule has 0 saturated carbocycles. The van der Waals surface area contributed by atoms with Crippen LogP contribution in [0.2, 0.25) is 0 Å². The average molecular weight is 381 g/mol. The van der Waals surface area contributed by atoms with Crippen molar-refractivity contribution in [3.63, 3.8) is 0 Å². The molecule has 0 amide bonds. The van der Waals surface area contributed by atoms with E-state index >= 15 is 0 Å². The molecule has 2 aromatic carbocycles. The van der Waals surface area contributed by atoms with Gasteiger partial charge in [-0.2, -0.15) is 0 Å². The van der Waals surface area contributed by atoms with Gasteiger partial charge in [-0.15, -0.1) is 0 Å². The highest BCUT2D eigenvalue weighted by Gasteiger charge is 2.21. The molecule has 2 atom stereocenters. The van der Waals surface area contributed by atoms with Gasteiger partial charge in [0.25, 0.3) is 0 Å². The monoisotopic (exact) mass is 380 g/mol. The molecule has 3 N–H and O–H groups in total. The van der Waals surface area contributed by atoms with Crippen molar-refractivity contribution >= 4 is 5.96 Å². The third-order valence-electron chi connectivity index (χ3n) is 4.92. The van der Waals surface area contributed by atoms with Crippen LogP contribution in [0.5, 0.6) is 0 Å². The molecule has 1 fully saturated rings. The lowest BCUT2D eigenvalue weighted by atomic mass is 10.1. The molecule has 0 aliphatic carbocycles. The number of hydrogen-bond acceptors (Lipinski definition) is 3. The van der Waals surface area contributed by atoms with Gasteiger partial charge >= 0.3 is 0 Å². The van der Waals surface area contributed by atoms with Gasteiger partial charge < -0.3 is 15.8 Å². The Hall–Kier alpha value is -2.37. The second-order valence-electron chi connectivity index (χ2n) is 7.63. The fourth-order valence-corrected chi connectivity index (χ4v) is 3.63. The summed E-state index contributed by atoms with van der Waals surface area (Å²) in [4.78, 5) is 6.91. The van der Waals surface area contributed by atoms with Crippen molar-refractivity contribution < 1.29 is 4.74 Å². The smallest absolute Gasteiger partial charge is 0.188 e. The highest BCUT2D eigenvalue weighted by molar-refractivity contribution is 5.77. The molecule has 28 heavy (non-hydrogen) atoms. The van der Waals surface area contributed by atoms with Gasteiger partial charge in [-0.1, -0.05) is 54.6 Å². The van der Waals surface area contributed by atoms with Crippen molar-refractivity contribution in [1.29, 1.82) is 0 Å². The number of guanidine groups is 1. The lowest BCUT2D eigenvalue weighted by molar-refractivity contribution is -0.0704. The third-order valence-corrected chi connectivity index (χ3v) is 4.92. The summed E-state index contributed by atoms with van der Waals surface area (Å²) in [7, 11) is 0. The molecular formula is C23H32N4O. The molecule has 150 valence electrons. The predicted octanol–water partition coefficient (Wildman–Crippen LogP) is 2.94. The minimum Gasteiger partial charge on any atom is -0.373 e. The van der Waals surface area contributed by atoms with Gasteiger partial charge in [-0.3, -0.25) is 4.90 Å². The molecular weight excluding hydrogens is 348 g/mol. The number of morpholine rings is 1. The van der Waals surface area contributed by atoms with E-state index < -0.39 is 0 Å². The number of ether oxygens (including phenoxy) is 1. The van der Waals surface area contributed by atoms with Crippen molar-refractivity contribution in [1.82, 2.24) is 10.2 Å². The van der Waals surface area contributed by atoms with Crippen LogP contribution in [0, 0.1) is 0 Å². The number of nitrogens with two attached hydrogens (primary N) is 1. The van der Waals surface area contributed by atoms with E-state index in [2.05, 4.69) is 77.6 Å². The molecule has 1 aliphatic heterocycles. The lowest BCUT2D eigenvalue weighted by Crippen LogP contribution is -2.44. The number of hydrogen-bond donors (Lipinski definition) is 2. The first-order valence-electron chi connectivity index (χ1n) is 10.1. The molecule has 2 unspecified atom stereocenters. The van der Waals surface area contributed by atoms with Crippen molar-refractivity contribution in [2.45, 2.75) is 45.6 Å². The SMILES string of the molecule is CC1CN(Cc2ccc(CN=C(N)NCCc3ccccc3)cc2)CC(C)O1. The van der Waals surface area contributed by atoms with Crippen LogP contribution in [-0.2, 0) is 24.2 Å². The van der Waals surface area contributed by atoms with Gasteiger partial charge in [0.1, 0.15) is 0 Å². The maximum atomic E-state index is 5.99.